The van der Waals surface area contributed by atoms with Gasteiger partial charge in [0, 0.05) is 18.7 Å². The van der Waals surface area contributed by atoms with Crippen LogP contribution in [0.1, 0.15) is 25.7 Å². The Hall–Kier alpha value is -2.77. The predicted molar refractivity (Wildman–Crippen MR) is 82.8 cm³/mol. The van der Waals surface area contributed by atoms with Crippen LogP contribution in [0, 0.1) is 0 Å². The highest BCUT2D eigenvalue weighted by Gasteiger charge is 2.19. The number of nitrogens with one attached hydrogen (secondary N) is 1. The number of tetrazole rings is 1. The number of carbonyl (C=O) groups excluding carboxylic acids is 2. The van der Waals surface area contributed by atoms with Crippen molar-refractivity contribution >= 4 is 17.5 Å². The van der Waals surface area contributed by atoms with E-state index in [0.717, 1.165) is 24.9 Å². The smallest absolute Gasteiger partial charge is 0.243 e. The van der Waals surface area contributed by atoms with Crippen molar-refractivity contribution in [1.29, 1.82) is 0 Å². The first kappa shape index (κ1) is 15.1. The van der Waals surface area contributed by atoms with Gasteiger partial charge in [0.1, 0.15) is 6.33 Å². The number of aromatic nitrogens is 4. The van der Waals surface area contributed by atoms with Crippen LogP contribution in [0.4, 0.5) is 5.69 Å². The van der Waals surface area contributed by atoms with Gasteiger partial charge in [-0.1, -0.05) is 12.5 Å². The third kappa shape index (κ3) is 3.91. The van der Waals surface area contributed by atoms with E-state index in [1.54, 1.807) is 17.0 Å². The van der Waals surface area contributed by atoms with Gasteiger partial charge in [0.2, 0.25) is 11.8 Å². The number of anilines is 1. The minimum atomic E-state index is -0.200. The standard InChI is InChI=1S/C15H18N6O2/c22-14(10-20-8-3-1-2-7-15(20)23)17-12-5-4-6-13(9-12)21-11-16-18-19-21/h4-6,9,11H,1-3,7-8,10H2,(H,17,22). The van der Waals surface area contributed by atoms with Crippen LogP contribution in [-0.2, 0) is 9.59 Å². The lowest BCUT2D eigenvalue weighted by atomic mass is 10.2. The predicted octanol–water partition coefficient (Wildman–Crippen LogP) is 1.00. The lowest BCUT2D eigenvalue weighted by Gasteiger charge is -2.19. The summed E-state index contributed by atoms with van der Waals surface area (Å²) in [6.07, 6.45) is 4.91. The summed E-state index contributed by atoms with van der Waals surface area (Å²) < 4.78 is 1.51. The molecule has 1 fully saturated rings. The summed E-state index contributed by atoms with van der Waals surface area (Å²) in [5.74, 6) is -0.144. The van der Waals surface area contributed by atoms with Crippen LogP contribution in [0.25, 0.3) is 5.69 Å². The van der Waals surface area contributed by atoms with Crippen molar-refractivity contribution in [3.05, 3.63) is 30.6 Å². The van der Waals surface area contributed by atoms with Crippen LogP contribution in [0.15, 0.2) is 30.6 Å². The number of carbonyl (C=O) groups is 2. The Morgan fingerprint density at radius 2 is 2.17 bits per heavy atom. The van der Waals surface area contributed by atoms with Gasteiger partial charge in [-0.05, 0) is 41.5 Å². The molecule has 1 aromatic heterocycles. The molecule has 0 aliphatic carbocycles. The number of rotatable bonds is 4. The Bertz CT molecular complexity index is 685. The zero-order chi connectivity index (χ0) is 16.1. The zero-order valence-electron chi connectivity index (χ0n) is 12.7. The molecule has 3 rings (SSSR count). The van der Waals surface area contributed by atoms with Gasteiger partial charge in [-0.2, -0.15) is 0 Å². The molecule has 1 N–H and O–H groups in total. The fourth-order valence-electron chi connectivity index (χ4n) is 2.59. The molecule has 1 aliphatic heterocycles. The van der Waals surface area contributed by atoms with Crippen LogP contribution in [0.3, 0.4) is 0 Å². The molecule has 1 saturated heterocycles. The highest BCUT2D eigenvalue weighted by Crippen LogP contribution is 2.14. The van der Waals surface area contributed by atoms with Crippen LogP contribution < -0.4 is 5.32 Å². The Balaban J connectivity index is 1.63. The monoisotopic (exact) mass is 314 g/mol. The normalized spacial score (nSPS) is 15.3. The van der Waals surface area contributed by atoms with E-state index in [0.29, 0.717) is 18.7 Å². The Kier molecular flexibility index (Phi) is 4.60. The number of hydrogen-bond acceptors (Lipinski definition) is 5. The number of hydrogen-bond donors (Lipinski definition) is 1. The molecule has 0 radical (unpaired) electrons. The molecule has 2 heterocycles. The summed E-state index contributed by atoms with van der Waals surface area (Å²) in [7, 11) is 0. The lowest BCUT2D eigenvalue weighted by Crippen LogP contribution is -2.37. The van der Waals surface area contributed by atoms with E-state index >= 15 is 0 Å². The number of likely N-dealkylation sites (tertiary alicyclic amines) is 1. The molecule has 2 amide bonds. The fourth-order valence-corrected chi connectivity index (χ4v) is 2.59. The zero-order valence-corrected chi connectivity index (χ0v) is 12.7. The second kappa shape index (κ2) is 6.99. The molecule has 8 nitrogen and oxygen atoms in total. The molecule has 0 saturated carbocycles. The Morgan fingerprint density at radius 1 is 1.26 bits per heavy atom. The second-order valence-electron chi connectivity index (χ2n) is 5.48. The average molecular weight is 314 g/mol. The van der Waals surface area contributed by atoms with Gasteiger partial charge in [0.05, 0.1) is 12.2 Å². The Labute approximate surface area is 133 Å². The highest BCUT2D eigenvalue weighted by molar-refractivity contribution is 5.94. The second-order valence-corrected chi connectivity index (χ2v) is 5.48. The first-order chi connectivity index (χ1) is 11.2. The molecule has 0 spiro atoms. The number of amides is 2. The minimum absolute atomic E-state index is 0.0556. The SMILES string of the molecule is O=C(CN1CCCCCC1=O)Nc1cccc(-n2cnnn2)c1. The summed E-state index contributed by atoms with van der Waals surface area (Å²) in [6.45, 7) is 0.741. The van der Waals surface area contributed by atoms with Crippen molar-refractivity contribution in [2.45, 2.75) is 25.7 Å². The summed E-state index contributed by atoms with van der Waals surface area (Å²) in [4.78, 5) is 25.7. The van der Waals surface area contributed by atoms with Gasteiger partial charge in [0.25, 0.3) is 0 Å². The third-order valence-corrected chi connectivity index (χ3v) is 3.75. The van der Waals surface area contributed by atoms with Gasteiger partial charge in [-0.25, -0.2) is 4.68 Å². The first-order valence-electron chi connectivity index (χ1n) is 7.63. The maximum atomic E-state index is 12.2. The molecule has 0 bridgehead atoms. The van der Waals surface area contributed by atoms with Crippen LogP contribution in [-0.4, -0.2) is 50.0 Å². The number of nitrogens with zero attached hydrogens (tertiary/aromatic N) is 5. The molecule has 8 heteroatoms. The molecule has 1 aliphatic rings. The minimum Gasteiger partial charge on any atom is -0.333 e. The summed E-state index contributed by atoms with van der Waals surface area (Å²) in [5.41, 5.74) is 1.39. The Morgan fingerprint density at radius 3 is 3.00 bits per heavy atom. The van der Waals surface area contributed by atoms with Gasteiger partial charge < -0.3 is 10.2 Å². The maximum Gasteiger partial charge on any atom is 0.243 e. The van der Waals surface area contributed by atoms with E-state index in [2.05, 4.69) is 20.8 Å². The number of benzene rings is 1. The van der Waals surface area contributed by atoms with Crippen molar-refractivity contribution in [2.24, 2.45) is 0 Å². The van der Waals surface area contributed by atoms with E-state index < -0.39 is 0 Å². The molecule has 0 unspecified atom stereocenters. The van der Waals surface area contributed by atoms with Gasteiger partial charge in [-0.15, -0.1) is 5.10 Å². The summed E-state index contributed by atoms with van der Waals surface area (Å²) in [6, 6.07) is 7.21. The first-order valence-corrected chi connectivity index (χ1v) is 7.63. The van der Waals surface area contributed by atoms with Crippen molar-refractivity contribution in [3.63, 3.8) is 0 Å². The van der Waals surface area contributed by atoms with Gasteiger partial charge >= 0.3 is 0 Å². The van der Waals surface area contributed by atoms with Crippen molar-refractivity contribution < 1.29 is 9.59 Å². The summed E-state index contributed by atoms with van der Waals surface area (Å²) >= 11 is 0. The average Bonchev–Trinajstić information content (AvgIpc) is 3.01. The molecular weight excluding hydrogens is 296 g/mol. The van der Waals surface area contributed by atoms with Crippen molar-refractivity contribution in [2.75, 3.05) is 18.4 Å². The largest absolute Gasteiger partial charge is 0.333 e. The molecule has 1 aromatic carbocycles. The van der Waals surface area contributed by atoms with Gasteiger partial charge in [-0.3, -0.25) is 9.59 Å². The molecule has 23 heavy (non-hydrogen) atoms. The fraction of sp³-hybridized carbons (Fsp3) is 0.400. The van der Waals surface area contributed by atoms with E-state index in [9.17, 15) is 9.59 Å². The van der Waals surface area contributed by atoms with E-state index in [4.69, 9.17) is 0 Å². The molecular formula is C15H18N6O2. The van der Waals surface area contributed by atoms with E-state index in [1.165, 1.54) is 11.0 Å². The highest BCUT2D eigenvalue weighted by atomic mass is 16.2. The lowest BCUT2D eigenvalue weighted by molar-refractivity contribution is -0.134. The maximum absolute atomic E-state index is 12.2. The van der Waals surface area contributed by atoms with Crippen LogP contribution in [0.2, 0.25) is 0 Å². The topological polar surface area (TPSA) is 93.0 Å². The van der Waals surface area contributed by atoms with E-state index in [-0.39, 0.29) is 18.4 Å². The van der Waals surface area contributed by atoms with Crippen molar-refractivity contribution in [1.82, 2.24) is 25.1 Å². The third-order valence-electron chi connectivity index (χ3n) is 3.75. The summed E-state index contributed by atoms with van der Waals surface area (Å²) in [5, 5.41) is 13.8. The quantitative estimate of drug-likeness (QED) is 0.909. The van der Waals surface area contributed by atoms with Crippen LogP contribution in [0.5, 0.6) is 0 Å². The van der Waals surface area contributed by atoms with Crippen LogP contribution >= 0.6 is 0 Å². The molecule has 120 valence electrons. The van der Waals surface area contributed by atoms with Crippen molar-refractivity contribution in [3.8, 4) is 5.69 Å². The van der Waals surface area contributed by atoms with Gasteiger partial charge in [0.15, 0.2) is 0 Å². The molecule has 0 atom stereocenters. The molecule has 2 aromatic rings. The van der Waals surface area contributed by atoms with E-state index in [1.807, 2.05) is 12.1 Å².